The molecule has 8 aromatic carbocycles. The van der Waals surface area contributed by atoms with E-state index < -0.39 is 0 Å². The lowest BCUT2D eigenvalue weighted by atomic mass is 9.95. The molecule has 2 aromatic heterocycles. The van der Waals surface area contributed by atoms with E-state index in [1.54, 1.807) is 0 Å². The third-order valence-electron chi connectivity index (χ3n) is 10.9. The van der Waals surface area contributed by atoms with E-state index in [1.807, 2.05) is 0 Å². The molecule has 0 bridgehead atoms. The quantitative estimate of drug-likeness (QED) is 0.180. The highest BCUT2D eigenvalue weighted by molar-refractivity contribution is 6.10. The van der Waals surface area contributed by atoms with Gasteiger partial charge < -0.3 is 9.13 Å². The minimum atomic E-state index is 0.966. The zero-order chi connectivity index (χ0) is 33.5. The number of hydrogen-bond acceptors (Lipinski definition) is 0. The van der Waals surface area contributed by atoms with Crippen molar-refractivity contribution in [1.29, 1.82) is 0 Å². The molecule has 0 amide bonds. The first-order valence-corrected chi connectivity index (χ1v) is 17.7. The average molecular weight is 649 g/mol. The van der Waals surface area contributed by atoms with Gasteiger partial charge in [0.15, 0.2) is 0 Å². The maximum atomic E-state index is 2.42. The highest BCUT2D eigenvalue weighted by atomic mass is 15.0. The Morgan fingerprint density at radius 2 is 0.706 bits per heavy atom. The van der Waals surface area contributed by atoms with E-state index in [2.05, 4.69) is 191 Å². The number of rotatable bonds is 4. The predicted octanol–water partition coefficient (Wildman–Crippen LogP) is 12.8. The SMILES string of the molecule is c1cc(-c2cccc(-n3c4ccccc4c4ccccc43)c2)cc(-c2ccc3c(c2)-c2cc(-n4c5ccccc5c5ccccc54)ccc2C3)c1. The van der Waals surface area contributed by atoms with Crippen molar-refractivity contribution >= 4 is 43.6 Å². The van der Waals surface area contributed by atoms with Gasteiger partial charge in [0.1, 0.15) is 0 Å². The van der Waals surface area contributed by atoms with Gasteiger partial charge in [0.25, 0.3) is 0 Å². The van der Waals surface area contributed by atoms with Crippen molar-refractivity contribution in [2.45, 2.75) is 6.42 Å². The molecule has 0 unspecified atom stereocenters. The van der Waals surface area contributed by atoms with Crippen LogP contribution in [0.15, 0.2) is 182 Å². The second-order valence-corrected chi connectivity index (χ2v) is 13.8. The monoisotopic (exact) mass is 648 g/mol. The van der Waals surface area contributed by atoms with Gasteiger partial charge in [-0.1, -0.05) is 121 Å². The smallest absolute Gasteiger partial charge is 0.0541 e. The molecule has 1 aliphatic rings. The summed E-state index contributed by atoms with van der Waals surface area (Å²) in [5.41, 5.74) is 17.6. The van der Waals surface area contributed by atoms with Crippen molar-refractivity contribution < 1.29 is 0 Å². The minimum Gasteiger partial charge on any atom is -0.309 e. The Balaban J connectivity index is 0.990. The topological polar surface area (TPSA) is 9.86 Å². The van der Waals surface area contributed by atoms with Crippen molar-refractivity contribution in [3.8, 4) is 44.8 Å². The van der Waals surface area contributed by atoms with E-state index in [9.17, 15) is 0 Å². The molecular weight excluding hydrogens is 617 g/mol. The second kappa shape index (κ2) is 10.9. The van der Waals surface area contributed by atoms with E-state index in [-0.39, 0.29) is 0 Å². The Kier molecular flexibility index (Phi) is 6.05. The molecular formula is C49H32N2. The number of nitrogens with zero attached hydrogens (tertiary/aromatic N) is 2. The Bertz CT molecular complexity index is 2900. The molecule has 0 atom stereocenters. The lowest BCUT2D eigenvalue weighted by molar-refractivity contribution is 1.17. The van der Waals surface area contributed by atoms with Crippen molar-refractivity contribution in [1.82, 2.24) is 9.13 Å². The van der Waals surface area contributed by atoms with Crippen LogP contribution in [0.3, 0.4) is 0 Å². The third kappa shape index (κ3) is 4.30. The molecule has 10 aromatic rings. The zero-order valence-electron chi connectivity index (χ0n) is 27.9. The van der Waals surface area contributed by atoms with Crippen LogP contribution in [0, 0.1) is 0 Å². The van der Waals surface area contributed by atoms with E-state index in [1.165, 1.54) is 99.5 Å². The van der Waals surface area contributed by atoms with Crippen LogP contribution in [0.25, 0.3) is 88.4 Å². The van der Waals surface area contributed by atoms with E-state index >= 15 is 0 Å². The van der Waals surface area contributed by atoms with Gasteiger partial charge in [-0.05, 0) is 112 Å². The normalized spacial score (nSPS) is 12.2. The zero-order valence-corrected chi connectivity index (χ0v) is 27.9. The number of benzene rings is 8. The summed E-state index contributed by atoms with van der Waals surface area (Å²) in [6, 6.07) is 66.9. The highest BCUT2D eigenvalue weighted by Gasteiger charge is 2.21. The predicted molar refractivity (Wildman–Crippen MR) is 214 cm³/mol. The average Bonchev–Trinajstić information content (AvgIpc) is 3.85. The van der Waals surface area contributed by atoms with Crippen molar-refractivity contribution in [2.24, 2.45) is 0 Å². The van der Waals surface area contributed by atoms with E-state index in [0.717, 1.165) is 6.42 Å². The fourth-order valence-electron chi connectivity index (χ4n) is 8.58. The minimum absolute atomic E-state index is 0.966. The molecule has 0 radical (unpaired) electrons. The molecule has 0 spiro atoms. The van der Waals surface area contributed by atoms with Crippen LogP contribution in [0.2, 0.25) is 0 Å². The molecule has 238 valence electrons. The van der Waals surface area contributed by atoms with Gasteiger partial charge in [0.2, 0.25) is 0 Å². The summed E-state index contributed by atoms with van der Waals surface area (Å²) in [5.74, 6) is 0. The second-order valence-electron chi connectivity index (χ2n) is 13.8. The summed E-state index contributed by atoms with van der Waals surface area (Å²) in [4.78, 5) is 0. The van der Waals surface area contributed by atoms with Gasteiger partial charge in [-0.2, -0.15) is 0 Å². The van der Waals surface area contributed by atoms with Crippen LogP contribution in [0.5, 0.6) is 0 Å². The molecule has 0 aliphatic heterocycles. The van der Waals surface area contributed by atoms with Gasteiger partial charge in [-0.25, -0.2) is 0 Å². The molecule has 1 aliphatic carbocycles. The molecule has 51 heavy (non-hydrogen) atoms. The lowest BCUT2D eigenvalue weighted by Gasteiger charge is -2.12. The first-order valence-electron chi connectivity index (χ1n) is 17.7. The summed E-state index contributed by atoms with van der Waals surface area (Å²) in [6.45, 7) is 0. The fraction of sp³-hybridized carbons (Fsp3) is 0.0204. The summed E-state index contributed by atoms with van der Waals surface area (Å²) < 4.78 is 4.81. The maximum Gasteiger partial charge on any atom is 0.0541 e. The van der Waals surface area contributed by atoms with Gasteiger partial charge in [0.05, 0.1) is 22.1 Å². The van der Waals surface area contributed by atoms with Gasteiger partial charge >= 0.3 is 0 Å². The number of aromatic nitrogens is 2. The van der Waals surface area contributed by atoms with Crippen molar-refractivity contribution in [2.75, 3.05) is 0 Å². The Labute approximate surface area is 296 Å². The van der Waals surface area contributed by atoms with Crippen LogP contribution >= 0.6 is 0 Å². The van der Waals surface area contributed by atoms with Crippen molar-refractivity contribution in [3.05, 3.63) is 193 Å². The summed E-state index contributed by atoms with van der Waals surface area (Å²) in [6.07, 6.45) is 0.966. The molecule has 2 heteroatoms. The van der Waals surface area contributed by atoms with Gasteiger partial charge in [-0.3, -0.25) is 0 Å². The van der Waals surface area contributed by atoms with Gasteiger partial charge in [-0.15, -0.1) is 0 Å². The standard InChI is InChI=1S/C49H32N2/c1-5-19-46-40(15-1)41-16-2-6-20-47(41)50(46)38-14-10-13-34(29-38)32-11-9-12-33(27-32)35-23-24-36-28-37-25-26-39(31-45(37)44(36)30-35)51-48-21-7-3-17-42(48)43-18-4-8-22-49(43)51/h1-27,29-31H,28H2. The number of para-hydroxylation sites is 4. The lowest BCUT2D eigenvalue weighted by Crippen LogP contribution is -1.94. The fourth-order valence-corrected chi connectivity index (χ4v) is 8.58. The van der Waals surface area contributed by atoms with Gasteiger partial charge in [0, 0.05) is 32.9 Å². The number of hydrogen-bond donors (Lipinski definition) is 0. The molecule has 0 N–H and O–H groups in total. The third-order valence-corrected chi connectivity index (χ3v) is 10.9. The summed E-state index contributed by atoms with van der Waals surface area (Å²) >= 11 is 0. The maximum absolute atomic E-state index is 2.42. The molecule has 2 nitrogen and oxygen atoms in total. The Morgan fingerprint density at radius 1 is 0.294 bits per heavy atom. The first kappa shape index (κ1) is 28.2. The largest absolute Gasteiger partial charge is 0.309 e. The Morgan fingerprint density at radius 3 is 1.25 bits per heavy atom. The van der Waals surface area contributed by atoms with Crippen LogP contribution in [-0.2, 0) is 6.42 Å². The van der Waals surface area contributed by atoms with Crippen LogP contribution in [-0.4, -0.2) is 9.13 Å². The highest BCUT2D eigenvalue weighted by Crippen LogP contribution is 2.42. The van der Waals surface area contributed by atoms with E-state index in [4.69, 9.17) is 0 Å². The molecule has 0 saturated carbocycles. The van der Waals surface area contributed by atoms with Crippen LogP contribution < -0.4 is 0 Å². The Hall–Kier alpha value is -6.64. The molecule has 2 heterocycles. The molecule has 0 saturated heterocycles. The van der Waals surface area contributed by atoms with Crippen molar-refractivity contribution in [3.63, 3.8) is 0 Å². The summed E-state index contributed by atoms with van der Waals surface area (Å²) in [5, 5.41) is 5.13. The van der Waals surface area contributed by atoms with Crippen LogP contribution in [0.1, 0.15) is 11.1 Å². The first-order chi connectivity index (χ1) is 25.3. The molecule has 0 fully saturated rings. The summed E-state index contributed by atoms with van der Waals surface area (Å²) in [7, 11) is 0. The number of fused-ring (bicyclic) bond motifs is 9. The van der Waals surface area contributed by atoms with Crippen LogP contribution in [0.4, 0.5) is 0 Å². The molecule has 11 rings (SSSR count). The van der Waals surface area contributed by atoms with E-state index in [0.29, 0.717) is 0 Å².